The van der Waals surface area contributed by atoms with E-state index in [4.69, 9.17) is 11.6 Å². The minimum Gasteiger partial charge on any atom is -0.354 e. The molecule has 0 atom stereocenters. The predicted molar refractivity (Wildman–Crippen MR) is 117 cm³/mol. The second kappa shape index (κ2) is 10.6. The molecule has 0 unspecified atom stereocenters. The lowest BCUT2D eigenvalue weighted by molar-refractivity contribution is -0.120. The fourth-order valence-corrected chi connectivity index (χ4v) is 3.39. The van der Waals surface area contributed by atoms with E-state index in [1.54, 1.807) is 35.7 Å². The summed E-state index contributed by atoms with van der Waals surface area (Å²) in [5.41, 5.74) is 0.859. The molecule has 0 saturated heterocycles. The Bertz CT molecular complexity index is 1090. The Labute approximate surface area is 186 Å². The topological polar surface area (TPSA) is 100 Å². The maximum Gasteiger partial charge on any atom is 0.260 e. The van der Waals surface area contributed by atoms with Crippen LogP contribution >= 0.6 is 22.9 Å². The number of anilines is 1. The molecule has 0 spiro atoms. The third kappa shape index (κ3) is 6.59. The van der Waals surface area contributed by atoms with Crippen LogP contribution in [0.5, 0.6) is 0 Å². The third-order valence-electron chi connectivity index (χ3n) is 4.07. The highest BCUT2D eigenvalue weighted by atomic mass is 35.5. The van der Waals surface area contributed by atoms with Gasteiger partial charge < -0.3 is 10.6 Å². The van der Waals surface area contributed by atoms with E-state index in [1.165, 1.54) is 18.2 Å². The summed E-state index contributed by atoms with van der Waals surface area (Å²) >= 11 is 6.93. The lowest BCUT2D eigenvalue weighted by Crippen LogP contribution is -2.35. The molecule has 3 rings (SSSR count). The van der Waals surface area contributed by atoms with Crippen molar-refractivity contribution in [3.05, 3.63) is 81.6 Å². The number of thiazole rings is 1. The Morgan fingerprint density at radius 2 is 1.68 bits per heavy atom. The Morgan fingerprint density at radius 3 is 2.42 bits per heavy atom. The molecule has 0 bridgehead atoms. The summed E-state index contributed by atoms with van der Waals surface area (Å²) in [6, 6.07) is 12.1. The zero-order valence-electron chi connectivity index (χ0n) is 16.2. The number of rotatable bonds is 8. The van der Waals surface area contributed by atoms with Crippen molar-refractivity contribution in [2.45, 2.75) is 6.42 Å². The van der Waals surface area contributed by atoms with Crippen LogP contribution in [0.25, 0.3) is 0 Å². The van der Waals surface area contributed by atoms with E-state index in [9.17, 15) is 18.8 Å². The first kappa shape index (κ1) is 22.4. The molecule has 0 aliphatic rings. The predicted octanol–water partition coefficient (Wildman–Crippen LogP) is 3.28. The van der Waals surface area contributed by atoms with Gasteiger partial charge in [-0.3, -0.25) is 19.7 Å². The van der Waals surface area contributed by atoms with Gasteiger partial charge in [-0.2, -0.15) is 0 Å². The molecule has 1 heterocycles. The number of amides is 3. The van der Waals surface area contributed by atoms with Crippen LogP contribution in [-0.2, 0) is 11.2 Å². The van der Waals surface area contributed by atoms with Crippen molar-refractivity contribution in [3.8, 4) is 0 Å². The van der Waals surface area contributed by atoms with Crippen molar-refractivity contribution < 1.29 is 18.8 Å². The SMILES string of the molecule is O=C(Cc1csc(NC(=O)c2ccccc2F)n1)NCCNC(=O)c1ccc(Cl)cc1. The number of nitrogens with one attached hydrogen (secondary N) is 3. The molecule has 1 aromatic heterocycles. The van der Waals surface area contributed by atoms with Crippen LogP contribution < -0.4 is 16.0 Å². The van der Waals surface area contributed by atoms with Gasteiger partial charge in [0.05, 0.1) is 17.7 Å². The molecule has 0 radical (unpaired) electrons. The Kier molecular flexibility index (Phi) is 7.69. The van der Waals surface area contributed by atoms with Gasteiger partial charge in [-0.15, -0.1) is 11.3 Å². The van der Waals surface area contributed by atoms with Gasteiger partial charge in [0.25, 0.3) is 11.8 Å². The second-order valence-corrected chi connectivity index (χ2v) is 7.66. The van der Waals surface area contributed by atoms with E-state index >= 15 is 0 Å². The third-order valence-corrected chi connectivity index (χ3v) is 5.13. The molecule has 3 N–H and O–H groups in total. The number of hydrogen-bond acceptors (Lipinski definition) is 5. The van der Waals surface area contributed by atoms with Gasteiger partial charge in [0, 0.05) is 29.1 Å². The molecule has 160 valence electrons. The second-order valence-electron chi connectivity index (χ2n) is 6.37. The maximum absolute atomic E-state index is 13.7. The summed E-state index contributed by atoms with van der Waals surface area (Å²) in [5.74, 6) is -1.78. The summed E-state index contributed by atoms with van der Waals surface area (Å²) in [5, 5.41) is 10.3. The van der Waals surface area contributed by atoms with E-state index in [0.29, 0.717) is 16.3 Å². The highest BCUT2D eigenvalue weighted by molar-refractivity contribution is 7.14. The number of nitrogens with zero attached hydrogens (tertiary/aromatic N) is 1. The van der Waals surface area contributed by atoms with Gasteiger partial charge in [-0.1, -0.05) is 23.7 Å². The number of aromatic nitrogens is 1. The van der Waals surface area contributed by atoms with E-state index in [0.717, 1.165) is 11.3 Å². The smallest absolute Gasteiger partial charge is 0.260 e. The number of benzene rings is 2. The van der Waals surface area contributed by atoms with Crippen molar-refractivity contribution in [3.63, 3.8) is 0 Å². The van der Waals surface area contributed by atoms with Gasteiger partial charge in [0.15, 0.2) is 5.13 Å². The van der Waals surface area contributed by atoms with E-state index in [2.05, 4.69) is 20.9 Å². The van der Waals surface area contributed by atoms with E-state index in [-0.39, 0.29) is 42.0 Å². The van der Waals surface area contributed by atoms with Gasteiger partial charge in [0.2, 0.25) is 5.91 Å². The van der Waals surface area contributed by atoms with Gasteiger partial charge in [0.1, 0.15) is 5.82 Å². The Hall–Kier alpha value is -3.30. The molecule has 31 heavy (non-hydrogen) atoms. The quantitative estimate of drug-likeness (QED) is 0.449. The Morgan fingerprint density at radius 1 is 0.968 bits per heavy atom. The average molecular weight is 461 g/mol. The largest absolute Gasteiger partial charge is 0.354 e. The minimum absolute atomic E-state index is 0.0111. The number of halogens is 2. The van der Waals surface area contributed by atoms with Crippen LogP contribution in [0.15, 0.2) is 53.9 Å². The van der Waals surface area contributed by atoms with Crippen molar-refractivity contribution in [2.24, 2.45) is 0 Å². The highest BCUT2D eigenvalue weighted by Gasteiger charge is 2.14. The first-order valence-corrected chi connectivity index (χ1v) is 10.5. The van der Waals surface area contributed by atoms with Crippen molar-refractivity contribution in [1.29, 1.82) is 0 Å². The summed E-state index contributed by atoms with van der Waals surface area (Å²) in [7, 11) is 0. The van der Waals surface area contributed by atoms with Crippen LogP contribution in [0.1, 0.15) is 26.4 Å². The van der Waals surface area contributed by atoms with Gasteiger partial charge in [-0.25, -0.2) is 9.37 Å². The monoisotopic (exact) mass is 460 g/mol. The van der Waals surface area contributed by atoms with Crippen LogP contribution in [0.3, 0.4) is 0 Å². The molecular formula is C21H18ClFN4O3S. The molecule has 2 aromatic carbocycles. The van der Waals surface area contributed by atoms with Gasteiger partial charge in [-0.05, 0) is 36.4 Å². The molecule has 3 amide bonds. The summed E-state index contributed by atoms with van der Waals surface area (Å²) in [4.78, 5) is 40.3. The lowest BCUT2D eigenvalue weighted by Gasteiger charge is -2.07. The fraction of sp³-hybridized carbons (Fsp3) is 0.143. The van der Waals surface area contributed by atoms with Crippen molar-refractivity contribution in [2.75, 3.05) is 18.4 Å². The maximum atomic E-state index is 13.7. The van der Waals surface area contributed by atoms with E-state index in [1.807, 2.05) is 0 Å². The molecule has 0 saturated carbocycles. The first-order valence-electron chi connectivity index (χ1n) is 9.23. The summed E-state index contributed by atoms with van der Waals surface area (Å²) in [6.45, 7) is 0.507. The fourth-order valence-electron chi connectivity index (χ4n) is 2.56. The zero-order valence-corrected chi connectivity index (χ0v) is 17.7. The summed E-state index contributed by atoms with van der Waals surface area (Å²) in [6.07, 6.45) is 0.0111. The van der Waals surface area contributed by atoms with Crippen LogP contribution in [0.2, 0.25) is 5.02 Å². The molecule has 0 aliphatic heterocycles. The van der Waals surface area contributed by atoms with Crippen molar-refractivity contribution in [1.82, 2.24) is 15.6 Å². The molecular weight excluding hydrogens is 443 g/mol. The molecule has 7 nitrogen and oxygen atoms in total. The van der Waals surface area contributed by atoms with Crippen LogP contribution in [0.4, 0.5) is 9.52 Å². The van der Waals surface area contributed by atoms with Crippen LogP contribution in [0, 0.1) is 5.82 Å². The van der Waals surface area contributed by atoms with Crippen molar-refractivity contribution >= 4 is 45.8 Å². The molecule has 0 aliphatic carbocycles. The number of carbonyl (C=O) groups is 3. The average Bonchev–Trinajstić information content (AvgIpc) is 3.18. The minimum atomic E-state index is -0.626. The molecule has 3 aromatic rings. The zero-order chi connectivity index (χ0) is 22.2. The van der Waals surface area contributed by atoms with E-state index < -0.39 is 11.7 Å². The normalized spacial score (nSPS) is 10.4. The standard InChI is InChI=1S/C21H18ClFN4O3S/c22-14-7-5-13(6-8-14)19(29)25-10-9-24-18(28)11-15-12-31-21(26-15)27-20(30)16-3-1-2-4-17(16)23/h1-8,12H,9-11H2,(H,24,28)(H,25,29)(H,26,27,30). The highest BCUT2D eigenvalue weighted by Crippen LogP contribution is 2.17. The molecule has 0 fully saturated rings. The summed E-state index contributed by atoms with van der Waals surface area (Å²) < 4.78 is 13.7. The van der Waals surface area contributed by atoms with Crippen LogP contribution in [-0.4, -0.2) is 35.8 Å². The molecule has 10 heteroatoms. The number of carbonyl (C=O) groups excluding carboxylic acids is 3. The number of hydrogen-bond donors (Lipinski definition) is 3. The first-order chi connectivity index (χ1) is 14.9. The lowest BCUT2D eigenvalue weighted by atomic mass is 10.2. The van der Waals surface area contributed by atoms with Gasteiger partial charge >= 0.3 is 0 Å². The Balaban J connectivity index is 1.40.